The smallest absolute Gasteiger partial charge is 0.251 e. The van der Waals surface area contributed by atoms with Crippen LogP contribution in [-0.2, 0) is 0 Å². The maximum absolute atomic E-state index is 12.2. The molecule has 0 aliphatic carbocycles. The van der Waals surface area contributed by atoms with Crippen molar-refractivity contribution in [1.82, 2.24) is 5.32 Å². The zero-order chi connectivity index (χ0) is 19.6. The van der Waals surface area contributed by atoms with Crippen LogP contribution in [0.2, 0.25) is 0 Å². The van der Waals surface area contributed by atoms with Crippen LogP contribution in [0.3, 0.4) is 0 Å². The number of amides is 1. The Morgan fingerprint density at radius 2 is 1.78 bits per heavy atom. The Morgan fingerprint density at radius 1 is 1.04 bits per heavy atom. The fraction of sp³-hybridized carbons (Fsp3) is 0.435. The molecule has 0 bridgehead atoms. The molecular weight excluding hydrogens is 338 g/mol. The molecule has 2 aromatic carbocycles. The minimum absolute atomic E-state index is 0.105. The lowest BCUT2D eigenvalue weighted by Crippen LogP contribution is -2.28. The van der Waals surface area contributed by atoms with Crippen molar-refractivity contribution in [2.45, 2.75) is 46.5 Å². The van der Waals surface area contributed by atoms with Crippen LogP contribution < -0.4 is 14.8 Å². The zero-order valence-electron chi connectivity index (χ0n) is 16.9. The van der Waals surface area contributed by atoms with Crippen LogP contribution in [0.4, 0.5) is 0 Å². The van der Waals surface area contributed by atoms with Crippen LogP contribution in [0.5, 0.6) is 11.5 Å². The maximum Gasteiger partial charge on any atom is 0.251 e. The van der Waals surface area contributed by atoms with Gasteiger partial charge in [-0.05, 0) is 60.7 Å². The summed E-state index contributed by atoms with van der Waals surface area (Å²) < 4.78 is 11.5. The number of aryl methyl sites for hydroxylation is 1. The minimum atomic E-state index is -0.105. The first kappa shape index (κ1) is 20.8. The summed E-state index contributed by atoms with van der Waals surface area (Å²) >= 11 is 0. The summed E-state index contributed by atoms with van der Waals surface area (Å²) in [4.78, 5) is 12.2. The predicted molar refractivity (Wildman–Crippen MR) is 110 cm³/mol. The van der Waals surface area contributed by atoms with E-state index in [-0.39, 0.29) is 5.91 Å². The first-order valence-corrected chi connectivity index (χ1v) is 9.75. The Labute approximate surface area is 162 Å². The number of hydrogen-bond acceptors (Lipinski definition) is 3. The molecule has 0 saturated carbocycles. The van der Waals surface area contributed by atoms with Gasteiger partial charge in [-0.1, -0.05) is 39.3 Å². The highest BCUT2D eigenvalue weighted by Crippen LogP contribution is 2.27. The fourth-order valence-electron chi connectivity index (χ4n) is 2.71. The predicted octanol–water partition coefficient (Wildman–Crippen LogP) is 5.11. The molecule has 0 spiro atoms. The van der Waals surface area contributed by atoms with Gasteiger partial charge in [0.2, 0.25) is 0 Å². The Kier molecular flexibility index (Phi) is 8.18. The first-order valence-electron chi connectivity index (χ1n) is 9.75. The van der Waals surface area contributed by atoms with Crippen molar-refractivity contribution in [1.29, 1.82) is 0 Å². The van der Waals surface area contributed by atoms with Gasteiger partial charge in [-0.2, -0.15) is 0 Å². The second-order valence-electron chi connectivity index (χ2n) is 7.03. The fourth-order valence-corrected chi connectivity index (χ4v) is 2.71. The number of carbonyl (C=O) groups is 1. The molecule has 2 aromatic rings. The summed E-state index contributed by atoms with van der Waals surface area (Å²) in [6.45, 7) is 10.1. The highest BCUT2D eigenvalue weighted by atomic mass is 16.5. The van der Waals surface area contributed by atoms with Crippen molar-refractivity contribution in [2.24, 2.45) is 0 Å². The number of nitrogens with one attached hydrogen (secondary N) is 1. The number of ether oxygens (including phenoxy) is 2. The molecule has 4 nitrogen and oxygen atoms in total. The molecule has 1 amide bonds. The molecule has 1 N–H and O–H groups in total. The van der Waals surface area contributed by atoms with E-state index in [1.165, 1.54) is 11.1 Å². The normalized spacial score (nSPS) is 10.7. The standard InChI is InChI=1S/C23H31NO3/c1-5-6-14-26-20-10-8-19(9-11-20)23(25)24-13-15-27-22-16-18(4)7-12-21(22)17(2)3/h7-12,16-17H,5-6,13-15H2,1-4H3,(H,24,25). The molecule has 0 aliphatic rings. The van der Waals surface area contributed by atoms with Gasteiger partial charge in [0.05, 0.1) is 13.2 Å². The lowest BCUT2D eigenvalue weighted by Gasteiger charge is -2.15. The highest BCUT2D eigenvalue weighted by molar-refractivity contribution is 5.94. The summed E-state index contributed by atoms with van der Waals surface area (Å²) in [6.07, 6.45) is 2.13. The van der Waals surface area contributed by atoms with Gasteiger partial charge in [-0.15, -0.1) is 0 Å². The molecule has 2 rings (SSSR count). The first-order chi connectivity index (χ1) is 13.0. The van der Waals surface area contributed by atoms with Crippen molar-refractivity contribution in [3.05, 3.63) is 59.2 Å². The van der Waals surface area contributed by atoms with E-state index < -0.39 is 0 Å². The second-order valence-corrected chi connectivity index (χ2v) is 7.03. The van der Waals surface area contributed by atoms with Crippen molar-refractivity contribution in [2.75, 3.05) is 19.8 Å². The van der Waals surface area contributed by atoms with E-state index in [4.69, 9.17) is 9.47 Å². The van der Waals surface area contributed by atoms with Gasteiger partial charge in [0.15, 0.2) is 0 Å². The number of benzene rings is 2. The number of rotatable bonds is 10. The Bertz CT molecular complexity index is 723. The molecule has 0 heterocycles. The second kappa shape index (κ2) is 10.6. The molecule has 0 saturated heterocycles. The van der Waals surface area contributed by atoms with Crippen LogP contribution in [0, 0.1) is 6.92 Å². The minimum Gasteiger partial charge on any atom is -0.494 e. The quantitative estimate of drug-likeness (QED) is 0.592. The average molecular weight is 370 g/mol. The lowest BCUT2D eigenvalue weighted by atomic mass is 10.0. The van der Waals surface area contributed by atoms with Gasteiger partial charge in [0.25, 0.3) is 5.91 Å². The van der Waals surface area contributed by atoms with Crippen LogP contribution in [-0.4, -0.2) is 25.7 Å². The topological polar surface area (TPSA) is 47.6 Å². The van der Waals surface area contributed by atoms with E-state index in [1.54, 1.807) is 12.1 Å². The van der Waals surface area contributed by atoms with Crippen molar-refractivity contribution in [3.8, 4) is 11.5 Å². The molecule has 146 valence electrons. The van der Waals surface area contributed by atoms with Crippen LogP contribution >= 0.6 is 0 Å². The molecule has 4 heteroatoms. The van der Waals surface area contributed by atoms with Crippen molar-refractivity contribution >= 4 is 5.91 Å². The molecular formula is C23H31NO3. The summed E-state index contributed by atoms with van der Waals surface area (Å²) in [6, 6.07) is 13.5. The van der Waals surface area contributed by atoms with E-state index in [9.17, 15) is 4.79 Å². The number of unbranched alkanes of at least 4 members (excludes halogenated alkanes) is 1. The van der Waals surface area contributed by atoms with Crippen LogP contribution in [0.1, 0.15) is 61.0 Å². The van der Waals surface area contributed by atoms with Gasteiger partial charge in [-0.25, -0.2) is 0 Å². The van der Waals surface area contributed by atoms with Gasteiger partial charge < -0.3 is 14.8 Å². The highest BCUT2D eigenvalue weighted by Gasteiger charge is 2.09. The van der Waals surface area contributed by atoms with E-state index in [2.05, 4.69) is 44.3 Å². The summed E-state index contributed by atoms with van der Waals surface area (Å²) in [5, 5.41) is 2.90. The van der Waals surface area contributed by atoms with Gasteiger partial charge >= 0.3 is 0 Å². The van der Waals surface area contributed by atoms with E-state index in [1.807, 2.05) is 19.1 Å². The third-order valence-corrected chi connectivity index (χ3v) is 4.32. The molecule has 0 unspecified atom stereocenters. The van der Waals surface area contributed by atoms with Crippen molar-refractivity contribution < 1.29 is 14.3 Å². The lowest BCUT2D eigenvalue weighted by molar-refractivity contribution is 0.0947. The monoisotopic (exact) mass is 369 g/mol. The van der Waals surface area contributed by atoms with E-state index in [0.717, 1.165) is 24.3 Å². The average Bonchev–Trinajstić information content (AvgIpc) is 2.65. The van der Waals surface area contributed by atoms with E-state index in [0.29, 0.717) is 31.2 Å². The molecule has 27 heavy (non-hydrogen) atoms. The summed E-state index contributed by atoms with van der Waals surface area (Å²) in [5.74, 6) is 1.98. The maximum atomic E-state index is 12.2. The zero-order valence-corrected chi connectivity index (χ0v) is 16.9. The SMILES string of the molecule is CCCCOc1ccc(C(=O)NCCOc2cc(C)ccc2C(C)C)cc1. The largest absolute Gasteiger partial charge is 0.494 e. The molecule has 0 atom stereocenters. The van der Waals surface area contributed by atoms with Gasteiger partial charge in [0, 0.05) is 5.56 Å². The third-order valence-electron chi connectivity index (χ3n) is 4.32. The Morgan fingerprint density at radius 3 is 2.44 bits per heavy atom. The third kappa shape index (κ3) is 6.63. The summed E-state index contributed by atoms with van der Waals surface area (Å²) in [5.41, 5.74) is 2.97. The van der Waals surface area contributed by atoms with Gasteiger partial charge in [0.1, 0.15) is 18.1 Å². The Hall–Kier alpha value is -2.49. The number of carbonyl (C=O) groups excluding carboxylic acids is 1. The number of hydrogen-bond donors (Lipinski definition) is 1. The summed E-state index contributed by atoms with van der Waals surface area (Å²) in [7, 11) is 0. The molecule has 0 fully saturated rings. The van der Waals surface area contributed by atoms with Crippen LogP contribution in [0.15, 0.2) is 42.5 Å². The van der Waals surface area contributed by atoms with Crippen LogP contribution in [0.25, 0.3) is 0 Å². The molecule has 0 radical (unpaired) electrons. The Balaban J connectivity index is 1.80. The molecule has 0 aliphatic heterocycles. The van der Waals surface area contributed by atoms with E-state index >= 15 is 0 Å². The molecule has 0 aromatic heterocycles. The van der Waals surface area contributed by atoms with Gasteiger partial charge in [-0.3, -0.25) is 4.79 Å². The van der Waals surface area contributed by atoms with Crippen molar-refractivity contribution in [3.63, 3.8) is 0 Å².